The van der Waals surface area contributed by atoms with E-state index in [2.05, 4.69) is 62.0 Å². The Bertz CT molecular complexity index is 831. The average Bonchev–Trinajstić information content (AvgIpc) is 3.01. The fourth-order valence-corrected chi connectivity index (χ4v) is 3.64. The van der Waals surface area contributed by atoms with Gasteiger partial charge in [-0.15, -0.1) is 0 Å². The van der Waals surface area contributed by atoms with E-state index < -0.39 is 0 Å². The molecule has 1 aliphatic carbocycles. The zero-order valence-electron chi connectivity index (χ0n) is 17.3. The van der Waals surface area contributed by atoms with Gasteiger partial charge in [0, 0.05) is 28.6 Å². The van der Waals surface area contributed by atoms with Crippen LogP contribution in [0.1, 0.15) is 93.7 Å². The minimum absolute atomic E-state index is 0.0629. The standard InChI is InChI=1S/C21H31N5O/c1-7-8-13-9-15(26-25-13)18(27)23-16-10-21(5,6)11-17-14(16)12-22-19(24-17)20(2,3)4/h9,12,16H,7-8,10-11H2,1-6H3,(H,23,27)(H,25,26)/t16-/m1/s1. The average molecular weight is 370 g/mol. The van der Waals surface area contributed by atoms with Gasteiger partial charge < -0.3 is 5.32 Å². The molecule has 2 heterocycles. The van der Waals surface area contributed by atoms with Crippen LogP contribution in [0.15, 0.2) is 12.3 Å². The predicted octanol–water partition coefficient (Wildman–Crippen LogP) is 3.89. The summed E-state index contributed by atoms with van der Waals surface area (Å²) in [5.41, 5.74) is 3.47. The van der Waals surface area contributed by atoms with E-state index in [9.17, 15) is 4.79 Å². The van der Waals surface area contributed by atoms with Gasteiger partial charge in [0.2, 0.25) is 0 Å². The zero-order chi connectivity index (χ0) is 19.8. The third-order valence-corrected chi connectivity index (χ3v) is 5.04. The largest absolute Gasteiger partial charge is 0.344 e. The second kappa shape index (κ2) is 7.06. The van der Waals surface area contributed by atoms with Crippen molar-refractivity contribution in [2.24, 2.45) is 5.41 Å². The molecular formula is C21H31N5O. The number of carbonyl (C=O) groups is 1. The SMILES string of the molecule is CCCc1cc(C(=O)N[C@@H]2CC(C)(C)Cc3nc(C(C)(C)C)ncc32)n[nH]1. The van der Waals surface area contributed by atoms with Crippen LogP contribution in [0, 0.1) is 5.41 Å². The van der Waals surface area contributed by atoms with E-state index in [0.717, 1.165) is 48.5 Å². The molecule has 0 spiro atoms. The summed E-state index contributed by atoms with van der Waals surface area (Å²) in [6, 6.07) is 1.74. The summed E-state index contributed by atoms with van der Waals surface area (Å²) in [6.07, 6.45) is 5.56. The van der Waals surface area contributed by atoms with Crippen LogP contribution in [0.3, 0.4) is 0 Å². The molecular weight excluding hydrogens is 338 g/mol. The number of carbonyl (C=O) groups excluding carboxylic acids is 1. The van der Waals surface area contributed by atoms with Crippen molar-refractivity contribution in [2.75, 3.05) is 0 Å². The summed E-state index contributed by atoms with van der Waals surface area (Å²) in [4.78, 5) is 22.2. The monoisotopic (exact) mass is 369 g/mol. The van der Waals surface area contributed by atoms with Crippen LogP contribution in [-0.4, -0.2) is 26.1 Å². The van der Waals surface area contributed by atoms with Crippen molar-refractivity contribution in [2.45, 2.75) is 78.7 Å². The Labute approximate surface area is 161 Å². The number of aromatic nitrogens is 4. The molecule has 0 saturated heterocycles. The van der Waals surface area contributed by atoms with Crippen molar-refractivity contribution in [1.82, 2.24) is 25.5 Å². The number of aryl methyl sites for hydroxylation is 1. The van der Waals surface area contributed by atoms with Crippen LogP contribution in [-0.2, 0) is 18.3 Å². The first-order chi connectivity index (χ1) is 12.6. The number of hydrogen-bond donors (Lipinski definition) is 2. The number of nitrogens with zero attached hydrogens (tertiary/aromatic N) is 3. The van der Waals surface area contributed by atoms with E-state index in [0.29, 0.717) is 5.69 Å². The fraction of sp³-hybridized carbons (Fsp3) is 0.619. The lowest BCUT2D eigenvalue weighted by molar-refractivity contribution is 0.0913. The van der Waals surface area contributed by atoms with E-state index in [1.165, 1.54) is 0 Å². The van der Waals surface area contributed by atoms with Gasteiger partial charge in [-0.1, -0.05) is 48.0 Å². The molecule has 2 N–H and O–H groups in total. The molecule has 0 unspecified atom stereocenters. The van der Waals surface area contributed by atoms with Gasteiger partial charge in [-0.2, -0.15) is 5.10 Å². The van der Waals surface area contributed by atoms with Gasteiger partial charge in [0.25, 0.3) is 5.91 Å². The molecule has 0 radical (unpaired) electrons. The molecule has 1 aliphatic rings. The Morgan fingerprint density at radius 2 is 2.11 bits per heavy atom. The highest BCUT2D eigenvalue weighted by Crippen LogP contribution is 2.40. The van der Waals surface area contributed by atoms with Crippen LogP contribution in [0.4, 0.5) is 0 Å². The van der Waals surface area contributed by atoms with Gasteiger partial charge in [-0.3, -0.25) is 9.89 Å². The maximum absolute atomic E-state index is 12.7. The summed E-state index contributed by atoms with van der Waals surface area (Å²) >= 11 is 0. The molecule has 0 saturated carbocycles. The van der Waals surface area contributed by atoms with Crippen molar-refractivity contribution in [3.8, 4) is 0 Å². The normalized spacial score (nSPS) is 18.8. The van der Waals surface area contributed by atoms with Crippen LogP contribution in [0.25, 0.3) is 0 Å². The third kappa shape index (κ3) is 4.37. The van der Waals surface area contributed by atoms with Gasteiger partial charge in [0.15, 0.2) is 0 Å². The predicted molar refractivity (Wildman–Crippen MR) is 106 cm³/mol. The van der Waals surface area contributed by atoms with Crippen molar-refractivity contribution in [3.05, 3.63) is 40.7 Å². The van der Waals surface area contributed by atoms with Crippen LogP contribution in [0.2, 0.25) is 0 Å². The molecule has 0 aliphatic heterocycles. The van der Waals surface area contributed by atoms with E-state index in [1.54, 1.807) is 0 Å². The molecule has 0 fully saturated rings. The van der Waals surface area contributed by atoms with Crippen LogP contribution in [0.5, 0.6) is 0 Å². The number of nitrogens with one attached hydrogen (secondary N) is 2. The molecule has 1 atom stereocenters. The lowest BCUT2D eigenvalue weighted by Gasteiger charge is -2.37. The second-order valence-electron chi connectivity index (χ2n) is 9.45. The lowest BCUT2D eigenvalue weighted by atomic mass is 9.74. The minimum Gasteiger partial charge on any atom is -0.344 e. The van der Waals surface area contributed by atoms with E-state index >= 15 is 0 Å². The molecule has 6 nitrogen and oxygen atoms in total. The first-order valence-electron chi connectivity index (χ1n) is 9.80. The molecule has 2 aromatic heterocycles. The number of H-pyrrole nitrogens is 1. The number of hydrogen-bond acceptors (Lipinski definition) is 4. The smallest absolute Gasteiger partial charge is 0.272 e. The Kier molecular flexibility index (Phi) is 5.10. The minimum atomic E-state index is -0.151. The Balaban J connectivity index is 1.86. The Morgan fingerprint density at radius 1 is 1.37 bits per heavy atom. The molecule has 27 heavy (non-hydrogen) atoms. The first-order valence-corrected chi connectivity index (χ1v) is 9.80. The van der Waals surface area contributed by atoms with Gasteiger partial charge in [0.05, 0.1) is 6.04 Å². The maximum atomic E-state index is 12.7. The summed E-state index contributed by atoms with van der Waals surface area (Å²) in [5, 5.41) is 10.3. The number of fused-ring (bicyclic) bond motifs is 1. The van der Waals surface area contributed by atoms with Crippen molar-refractivity contribution in [1.29, 1.82) is 0 Å². The topological polar surface area (TPSA) is 83.6 Å². The third-order valence-electron chi connectivity index (χ3n) is 5.04. The van der Waals surface area contributed by atoms with Crippen LogP contribution >= 0.6 is 0 Å². The fourth-order valence-electron chi connectivity index (χ4n) is 3.64. The molecule has 3 rings (SSSR count). The van der Waals surface area contributed by atoms with Gasteiger partial charge in [0.1, 0.15) is 11.5 Å². The molecule has 146 valence electrons. The number of amides is 1. The lowest BCUT2D eigenvalue weighted by Crippen LogP contribution is -2.37. The highest BCUT2D eigenvalue weighted by atomic mass is 16.2. The zero-order valence-corrected chi connectivity index (χ0v) is 17.3. The second-order valence-corrected chi connectivity index (χ2v) is 9.45. The van der Waals surface area contributed by atoms with Gasteiger partial charge in [-0.25, -0.2) is 9.97 Å². The molecule has 0 aromatic carbocycles. The van der Waals surface area contributed by atoms with E-state index in [-0.39, 0.29) is 22.8 Å². The summed E-state index contributed by atoms with van der Waals surface area (Å²) < 4.78 is 0. The number of aromatic amines is 1. The number of rotatable bonds is 4. The molecule has 1 amide bonds. The van der Waals surface area contributed by atoms with Gasteiger partial charge >= 0.3 is 0 Å². The van der Waals surface area contributed by atoms with Crippen molar-refractivity contribution in [3.63, 3.8) is 0 Å². The van der Waals surface area contributed by atoms with Crippen molar-refractivity contribution >= 4 is 5.91 Å². The quantitative estimate of drug-likeness (QED) is 0.856. The summed E-state index contributed by atoms with van der Waals surface area (Å²) in [7, 11) is 0. The Hall–Kier alpha value is -2.24. The van der Waals surface area contributed by atoms with Gasteiger partial charge in [-0.05, 0) is 30.7 Å². The molecule has 6 heteroatoms. The van der Waals surface area contributed by atoms with Crippen LogP contribution < -0.4 is 5.32 Å². The highest BCUT2D eigenvalue weighted by Gasteiger charge is 2.35. The molecule has 2 aromatic rings. The maximum Gasteiger partial charge on any atom is 0.272 e. The van der Waals surface area contributed by atoms with Crippen molar-refractivity contribution < 1.29 is 4.79 Å². The van der Waals surface area contributed by atoms with E-state index in [1.807, 2.05) is 12.3 Å². The Morgan fingerprint density at radius 3 is 2.78 bits per heavy atom. The summed E-state index contributed by atoms with van der Waals surface area (Å²) in [6.45, 7) is 12.9. The highest BCUT2D eigenvalue weighted by molar-refractivity contribution is 5.92. The molecule has 0 bridgehead atoms. The summed E-state index contributed by atoms with van der Waals surface area (Å²) in [5.74, 6) is 0.697. The first kappa shape index (κ1) is 19.5. The van der Waals surface area contributed by atoms with E-state index in [4.69, 9.17) is 4.98 Å².